The Balaban J connectivity index is 3.26. The van der Waals surface area contributed by atoms with E-state index < -0.39 is 5.97 Å². The standard InChI is InChI=1S/C21H42O2/c1-18(2)16-14-12-10-8-6-5-7-9-11-13-15-17-20(19(3)4)21(22)23/h18-20H,5-17H2,1-4H3,(H,22,23). The molecule has 0 saturated carbocycles. The molecule has 1 N–H and O–H groups in total. The molecule has 0 heterocycles. The summed E-state index contributed by atoms with van der Waals surface area (Å²) >= 11 is 0. The Morgan fingerprint density at radius 3 is 1.30 bits per heavy atom. The molecule has 138 valence electrons. The third-order valence-corrected chi connectivity index (χ3v) is 4.92. The zero-order valence-corrected chi connectivity index (χ0v) is 16.3. The highest BCUT2D eigenvalue weighted by Crippen LogP contribution is 2.20. The molecule has 0 fully saturated rings. The van der Waals surface area contributed by atoms with Gasteiger partial charge in [-0.15, -0.1) is 0 Å². The second kappa shape index (κ2) is 15.0. The molecule has 1 atom stereocenters. The summed E-state index contributed by atoms with van der Waals surface area (Å²) in [6.07, 6.45) is 16.9. The van der Waals surface area contributed by atoms with Crippen LogP contribution in [0.5, 0.6) is 0 Å². The molecule has 0 bridgehead atoms. The van der Waals surface area contributed by atoms with E-state index in [1.165, 1.54) is 70.6 Å². The van der Waals surface area contributed by atoms with Gasteiger partial charge < -0.3 is 5.11 Å². The first-order chi connectivity index (χ1) is 10.9. The summed E-state index contributed by atoms with van der Waals surface area (Å²) in [5.74, 6) is 0.355. The predicted octanol–water partition coefficient (Wildman–Crippen LogP) is 7.07. The third kappa shape index (κ3) is 14.8. The SMILES string of the molecule is CC(C)CCCCCCCCCCCCCC(C(=O)O)C(C)C. The second-order valence-electron chi connectivity index (χ2n) is 8.05. The molecule has 0 aliphatic rings. The highest BCUT2D eigenvalue weighted by Gasteiger charge is 2.20. The predicted molar refractivity (Wildman–Crippen MR) is 101 cm³/mol. The summed E-state index contributed by atoms with van der Waals surface area (Å²) in [6.45, 7) is 8.65. The van der Waals surface area contributed by atoms with E-state index in [-0.39, 0.29) is 11.8 Å². The van der Waals surface area contributed by atoms with Gasteiger partial charge in [-0.1, -0.05) is 105 Å². The van der Waals surface area contributed by atoms with Crippen LogP contribution in [0.4, 0.5) is 0 Å². The molecule has 0 spiro atoms. The maximum Gasteiger partial charge on any atom is 0.306 e. The number of unbranched alkanes of at least 4 members (excludes halogenated alkanes) is 10. The Bertz CT molecular complexity index is 271. The van der Waals surface area contributed by atoms with Gasteiger partial charge in [0.15, 0.2) is 0 Å². The van der Waals surface area contributed by atoms with Crippen LogP contribution < -0.4 is 0 Å². The summed E-state index contributed by atoms with van der Waals surface area (Å²) in [7, 11) is 0. The quantitative estimate of drug-likeness (QED) is 0.308. The monoisotopic (exact) mass is 326 g/mol. The molecule has 1 unspecified atom stereocenters. The number of aliphatic carboxylic acids is 1. The fraction of sp³-hybridized carbons (Fsp3) is 0.952. The fourth-order valence-electron chi connectivity index (χ4n) is 3.25. The molecule has 0 aliphatic heterocycles. The van der Waals surface area contributed by atoms with Crippen molar-refractivity contribution in [2.24, 2.45) is 17.8 Å². The van der Waals surface area contributed by atoms with E-state index in [1.54, 1.807) is 0 Å². The average molecular weight is 327 g/mol. The van der Waals surface area contributed by atoms with E-state index in [9.17, 15) is 4.79 Å². The van der Waals surface area contributed by atoms with Crippen LogP contribution >= 0.6 is 0 Å². The molecule has 0 rings (SSSR count). The van der Waals surface area contributed by atoms with Crippen molar-refractivity contribution in [3.05, 3.63) is 0 Å². The molecule has 2 nitrogen and oxygen atoms in total. The summed E-state index contributed by atoms with van der Waals surface area (Å²) in [5, 5.41) is 9.15. The summed E-state index contributed by atoms with van der Waals surface area (Å²) in [5.41, 5.74) is 0. The van der Waals surface area contributed by atoms with Gasteiger partial charge in [-0.05, 0) is 18.3 Å². The molecule has 0 aromatic rings. The lowest BCUT2D eigenvalue weighted by Gasteiger charge is -2.15. The van der Waals surface area contributed by atoms with Gasteiger partial charge in [0.2, 0.25) is 0 Å². The van der Waals surface area contributed by atoms with Gasteiger partial charge in [-0.2, -0.15) is 0 Å². The highest BCUT2D eigenvalue weighted by molar-refractivity contribution is 5.70. The zero-order valence-electron chi connectivity index (χ0n) is 16.3. The van der Waals surface area contributed by atoms with Gasteiger partial charge in [-0.3, -0.25) is 4.79 Å². The topological polar surface area (TPSA) is 37.3 Å². The van der Waals surface area contributed by atoms with Crippen LogP contribution in [0, 0.1) is 17.8 Å². The zero-order chi connectivity index (χ0) is 17.5. The van der Waals surface area contributed by atoms with E-state index >= 15 is 0 Å². The maximum absolute atomic E-state index is 11.1. The Hall–Kier alpha value is -0.530. The average Bonchev–Trinajstić information content (AvgIpc) is 2.46. The molecule has 23 heavy (non-hydrogen) atoms. The Labute approximate surface area is 145 Å². The minimum atomic E-state index is -0.617. The number of hydrogen-bond donors (Lipinski definition) is 1. The van der Waals surface area contributed by atoms with Crippen LogP contribution in [0.3, 0.4) is 0 Å². The van der Waals surface area contributed by atoms with Gasteiger partial charge in [0.05, 0.1) is 5.92 Å². The Morgan fingerprint density at radius 1 is 0.652 bits per heavy atom. The Kier molecular flexibility index (Phi) is 14.7. The van der Waals surface area contributed by atoms with Crippen LogP contribution in [0.25, 0.3) is 0 Å². The summed E-state index contributed by atoms with van der Waals surface area (Å²) in [4.78, 5) is 11.1. The number of carboxylic acid groups (broad SMARTS) is 1. The van der Waals surface area contributed by atoms with E-state index in [2.05, 4.69) is 13.8 Å². The summed E-state index contributed by atoms with van der Waals surface area (Å²) < 4.78 is 0. The lowest BCUT2D eigenvalue weighted by atomic mass is 9.90. The third-order valence-electron chi connectivity index (χ3n) is 4.92. The number of carboxylic acids is 1. The van der Waals surface area contributed by atoms with Crippen molar-refractivity contribution in [3.63, 3.8) is 0 Å². The van der Waals surface area contributed by atoms with Gasteiger partial charge in [0.1, 0.15) is 0 Å². The molecule has 0 radical (unpaired) electrons. The minimum absolute atomic E-state index is 0.148. The van der Waals surface area contributed by atoms with Gasteiger partial charge in [0.25, 0.3) is 0 Å². The van der Waals surface area contributed by atoms with Crippen molar-refractivity contribution in [1.82, 2.24) is 0 Å². The van der Waals surface area contributed by atoms with Crippen molar-refractivity contribution in [1.29, 1.82) is 0 Å². The van der Waals surface area contributed by atoms with Crippen molar-refractivity contribution >= 4 is 5.97 Å². The molecule has 2 heteroatoms. The smallest absolute Gasteiger partial charge is 0.306 e. The van der Waals surface area contributed by atoms with Crippen LogP contribution in [0.1, 0.15) is 111 Å². The van der Waals surface area contributed by atoms with Crippen molar-refractivity contribution < 1.29 is 9.90 Å². The first kappa shape index (κ1) is 22.5. The number of hydrogen-bond acceptors (Lipinski definition) is 1. The largest absolute Gasteiger partial charge is 0.481 e. The Morgan fingerprint density at radius 2 is 1.00 bits per heavy atom. The van der Waals surface area contributed by atoms with E-state index in [0.29, 0.717) is 0 Å². The molecule has 0 aromatic carbocycles. The van der Waals surface area contributed by atoms with Crippen LogP contribution in [0.15, 0.2) is 0 Å². The lowest BCUT2D eigenvalue weighted by Crippen LogP contribution is -2.19. The van der Waals surface area contributed by atoms with Crippen LogP contribution in [-0.2, 0) is 4.79 Å². The molecule has 0 amide bonds. The maximum atomic E-state index is 11.1. The molecule has 0 saturated heterocycles. The van der Waals surface area contributed by atoms with Crippen molar-refractivity contribution in [2.45, 2.75) is 111 Å². The fourth-order valence-corrected chi connectivity index (χ4v) is 3.25. The summed E-state index contributed by atoms with van der Waals surface area (Å²) in [6, 6.07) is 0. The van der Waals surface area contributed by atoms with E-state index in [1.807, 2.05) is 13.8 Å². The number of carbonyl (C=O) groups is 1. The van der Waals surface area contributed by atoms with Crippen LogP contribution in [0.2, 0.25) is 0 Å². The van der Waals surface area contributed by atoms with Gasteiger partial charge in [0, 0.05) is 0 Å². The first-order valence-electron chi connectivity index (χ1n) is 10.2. The van der Waals surface area contributed by atoms with E-state index in [4.69, 9.17) is 5.11 Å². The van der Waals surface area contributed by atoms with Crippen molar-refractivity contribution in [2.75, 3.05) is 0 Å². The molecular weight excluding hydrogens is 284 g/mol. The lowest BCUT2D eigenvalue weighted by molar-refractivity contribution is -0.143. The van der Waals surface area contributed by atoms with E-state index in [0.717, 1.165) is 18.8 Å². The number of rotatable bonds is 16. The molecule has 0 aromatic heterocycles. The van der Waals surface area contributed by atoms with Crippen molar-refractivity contribution in [3.8, 4) is 0 Å². The molecular formula is C21H42O2. The minimum Gasteiger partial charge on any atom is -0.481 e. The van der Waals surface area contributed by atoms with Gasteiger partial charge >= 0.3 is 5.97 Å². The highest BCUT2D eigenvalue weighted by atomic mass is 16.4. The molecule has 0 aliphatic carbocycles. The normalized spacial score (nSPS) is 13.0. The first-order valence-corrected chi connectivity index (χ1v) is 10.2. The second-order valence-corrected chi connectivity index (χ2v) is 8.05. The van der Waals surface area contributed by atoms with Gasteiger partial charge in [-0.25, -0.2) is 0 Å². The van der Waals surface area contributed by atoms with Crippen LogP contribution in [-0.4, -0.2) is 11.1 Å².